The summed E-state index contributed by atoms with van der Waals surface area (Å²) in [5, 5.41) is 7.76. The Labute approximate surface area is 184 Å². The fraction of sp³-hybridized carbons (Fsp3) is 0.348. The molecule has 0 fully saturated rings. The fourth-order valence-corrected chi connectivity index (χ4v) is 3.02. The van der Waals surface area contributed by atoms with E-state index in [-0.39, 0.29) is 12.3 Å². The predicted molar refractivity (Wildman–Crippen MR) is 115 cm³/mol. The summed E-state index contributed by atoms with van der Waals surface area (Å²) in [4.78, 5) is 22.3. The number of oxime groups is 2. The zero-order valence-corrected chi connectivity index (χ0v) is 18.5. The van der Waals surface area contributed by atoms with Gasteiger partial charge in [0.1, 0.15) is 13.7 Å². The molecule has 0 N–H and O–H groups in total. The average molecular weight is 450 g/mol. The number of aryl methyl sites for hydroxylation is 2. The van der Waals surface area contributed by atoms with E-state index in [1.807, 2.05) is 13.0 Å². The third kappa shape index (κ3) is 6.09. The summed E-state index contributed by atoms with van der Waals surface area (Å²) in [5.41, 5.74) is 2.24. The largest absolute Gasteiger partial charge is 0.464 e. The number of halogens is 3. The van der Waals surface area contributed by atoms with Crippen LogP contribution < -0.4 is 0 Å². The van der Waals surface area contributed by atoms with E-state index in [0.717, 1.165) is 17.7 Å². The van der Waals surface area contributed by atoms with Crippen LogP contribution in [0, 0.1) is 6.92 Å². The molecule has 2 rings (SSSR count). The van der Waals surface area contributed by atoms with Crippen molar-refractivity contribution >= 4 is 17.4 Å². The molecule has 0 aromatic heterocycles. The summed E-state index contributed by atoms with van der Waals surface area (Å²) < 4.78 is 44.4. The first-order valence-corrected chi connectivity index (χ1v) is 9.78. The number of methoxy groups -OCH3 is 1. The molecular weight excluding hydrogens is 425 g/mol. The number of carbonyl (C=O) groups is 1. The number of nitrogens with zero attached hydrogens (tertiary/aromatic N) is 2. The van der Waals surface area contributed by atoms with Crippen LogP contribution in [-0.4, -0.2) is 31.6 Å². The van der Waals surface area contributed by atoms with Gasteiger partial charge in [0.25, 0.3) is 0 Å². The van der Waals surface area contributed by atoms with Gasteiger partial charge in [-0.2, -0.15) is 13.2 Å². The van der Waals surface area contributed by atoms with E-state index in [2.05, 4.69) is 10.3 Å². The summed E-state index contributed by atoms with van der Waals surface area (Å²) >= 11 is 0. The van der Waals surface area contributed by atoms with Crippen LogP contribution in [0.15, 0.2) is 46.7 Å². The topological polar surface area (TPSA) is 69.5 Å². The van der Waals surface area contributed by atoms with Crippen LogP contribution in [0.3, 0.4) is 0 Å². The van der Waals surface area contributed by atoms with Gasteiger partial charge in [-0.05, 0) is 55.2 Å². The fourth-order valence-electron chi connectivity index (χ4n) is 3.02. The van der Waals surface area contributed by atoms with Crippen LogP contribution in [0.25, 0.3) is 0 Å². The minimum Gasteiger partial charge on any atom is -0.464 e. The van der Waals surface area contributed by atoms with Crippen LogP contribution >= 0.6 is 0 Å². The minimum absolute atomic E-state index is 0.0385. The van der Waals surface area contributed by atoms with Gasteiger partial charge in [0.2, 0.25) is 0 Å². The molecule has 0 atom stereocenters. The Morgan fingerprint density at radius 1 is 1.09 bits per heavy atom. The molecule has 6 nitrogen and oxygen atoms in total. The lowest BCUT2D eigenvalue weighted by molar-refractivity contribution is -0.137. The Balaban J connectivity index is 2.34. The highest BCUT2D eigenvalue weighted by atomic mass is 19.4. The van der Waals surface area contributed by atoms with Crippen molar-refractivity contribution in [3.05, 3.63) is 69.8 Å². The number of benzene rings is 2. The first kappa shape index (κ1) is 24.9. The molecule has 0 saturated heterocycles. The van der Waals surface area contributed by atoms with Gasteiger partial charge in [0.15, 0.2) is 5.71 Å². The molecule has 0 unspecified atom stereocenters. The molecule has 0 radical (unpaired) electrons. The Hall–Kier alpha value is -3.36. The quantitative estimate of drug-likeness (QED) is 0.321. The van der Waals surface area contributed by atoms with Crippen LogP contribution in [0.4, 0.5) is 13.2 Å². The first-order valence-electron chi connectivity index (χ1n) is 9.78. The number of hydrogen-bond acceptors (Lipinski definition) is 6. The summed E-state index contributed by atoms with van der Waals surface area (Å²) in [7, 11) is 2.54. The van der Waals surface area contributed by atoms with Crippen LogP contribution in [0.1, 0.15) is 47.2 Å². The van der Waals surface area contributed by atoms with Gasteiger partial charge in [-0.15, -0.1) is 0 Å². The van der Waals surface area contributed by atoms with E-state index in [9.17, 15) is 18.0 Å². The zero-order valence-electron chi connectivity index (χ0n) is 18.5. The highest BCUT2D eigenvalue weighted by molar-refractivity contribution is 6.43. The number of esters is 1. The third-order valence-electron chi connectivity index (χ3n) is 4.78. The Kier molecular flexibility index (Phi) is 8.40. The monoisotopic (exact) mass is 450 g/mol. The van der Waals surface area contributed by atoms with Crippen molar-refractivity contribution in [2.75, 3.05) is 14.2 Å². The third-order valence-corrected chi connectivity index (χ3v) is 4.78. The van der Waals surface area contributed by atoms with Crippen LogP contribution in [-0.2, 0) is 38.4 Å². The summed E-state index contributed by atoms with van der Waals surface area (Å²) in [6.45, 7) is 5.13. The van der Waals surface area contributed by atoms with Crippen molar-refractivity contribution in [3.8, 4) is 0 Å². The van der Waals surface area contributed by atoms with Crippen LogP contribution in [0.5, 0.6) is 0 Å². The molecule has 0 aliphatic carbocycles. The van der Waals surface area contributed by atoms with Gasteiger partial charge in [0.05, 0.1) is 18.4 Å². The van der Waals surface area contributed by atoms with Crippen molar-refractivity contribution in [2.45, 2.75) is 40.0 Å². The standard InChI is InChI=1S/C23H25F3N2O4/c1-6-16-10-17(12-18(11-16)23(24,25)26)15(3)27-32-13-20-14(2)8-7-9-19(20)21(28-31-5)22(29)30-4/h7-12H,6,13H2,1-5H3/b27-15+,28-21+. The Morgan fingerprint density at radius 3 is 2.41 bits per heavy atom. The second-order valence-electron chi connectivity index (χ2n) is 6.94. The van der Waals surface area contributed by atoms with Crippen molar-refractivity contribution in [1.29, 1.82) is 0 Å². The van der Waals surface area contributed by atoms with Crippen molar-refractivity contribution in [2.24, 2.45) is 10.3 Å². The van der Waals surface area contributed by atoms with E-state index in [4.69, 9.17) is 14.4 Å². The summed E-state index contributed by atoms with van der Waals surface area (Å²) in [6, 6.07) is 9.04. The molecule has 0 heterocycles. The normalized spacial score (nSPS) is 12.5. The van der Waals surface area contributed by atoms with Crippen molar-refractivity contribution in [1.82, 2.24) is 0 Å². The number of ether oxygens (including phenoxy) is 1. The molecule has 0 aliphatic heterocycles. The lowest BCUT2D eigenvalue weighted by Crippen LogP contribution is -2.20. The van der Waals surface area contributed by atoms with Gasteiger partial charge in [-0.25, -0.2) is 4.79 Å². The van der Waals surface area contributed by atoms with Gasteiger partial charge < -0.3 is 14.4 Å². The highest BCUT2D eigenvalue weighted by Crippen LogP contribution is 2.31. The zero-order chi connectivity index (χ0) is 23.9. The molecule has 9 heteroatoms. The summed E-state index contributed by atoms with van der Waals surface area (Å²) in [5.74, 6) is -0.686. The summed E-state index contributed by atoms with van der Waals surface area (Å²) in [6.07, 6.45) is -4.01. The number of hydrogen-bond donors (Lipinski definition) is 0. The number of rotatable bonds is 8. The van der Waals surface area contributed by atoms with E-state index < -0.39 is 17.7 Å². The molecule has 0 amide bonds. The second-order valence-corrected chi connectivity index (χ2v) is 6.94. The second kappa shape index (κ2) is 10.8. The lowest BCUT2D eigenvalue weighted by Gasteiger charge is -2.13. The molecule has 172 valence electrons. The predicted octanol–water partition coefficient (Wildman–Crippen LogP) is 5.04. The van der Waals surface area contributed by atoms with Crippen molar-refractivity contribution < 1.29 is 32.4 Å². The lowest BCUT2D eigenvalue weighted by atomic mass is 9.99. The van der Waals surface area contributed by atoms with Crippen LogP contribution in [0.2, 0.25) is 0 Å². The van der Waals surface area contributed by atoms with Gasteiger partial charge in [-0.3, -0.25) is 0 Å². The molecule has 0 saturated carbocycles. The maximum absolute atomic E-state index is 13.2. The maximum atomic E-state index is 13.2. The smallest absolute Gasteiger partial charge is 0.416 e. The Bertz CT molecular complexity index is 1030. The molecular formula is C23H25F3N2O4. The van der Waals surface area contributed by atoms with E-state index in [0.29, 0.717) is 34.4 Å². The van der Waals surface area contributed by atoms with E-state index >= 15 is 0 Å². The maximum Gasteiger partial charge on any atom is 0.416 e. The van der Waals surface area contributed by atoms with E-state index in [1.54, 1.807) is 32.0 Å². The Morgan fingerprint density at radius 2 is 1.81 bits per heavy atom. The minimum atomic E-state index is -4.46. The average Bonchev–Trinajstić information content (AvgIpc) is 2.77. The van der Waals surface area contributed by atoms with Crippen molar-refractivity contribution in [3.63, 3.8) is 0 Å². The molecule has 2 aromatic carbocycles. The molecule has 2 aromatic rings. The molecule has 0 aliphatic rings. The number of alkyl halides is 3. The molecule has 0 bridgehead atoms. The van der Waals surface area contributed by atoms with Gasteiger partial charge in [0, 0.05) is 11.1 Å². The van der Waals surface area contributed by atoms with E-state index in [1.165, 1.54) is 14.2 Å². The number of carbonyl (C=O) groups excluding carboxylic acids is 1. The van der Waals surface area contributed by atoms with Gasteiger partial charge >= 0.3 is 12.1 Å². The first-order chi connectivity index (χ1) is 15.1. The van der Waals surface area contributed by atoms with Gasteiger partial charge in [-0.1, -0.05) is 35.4 Å². The SMILES string of the molecule is CCc1cc(/C(C)=N/OCc2c(C)cccc2/C(=N\OC)C(=O)OC)cc(C(F)(F)F)c1. The highest BCUT2D eigenvalue weighted by Gasteiger charge is 2.31. The molecule has 0 spiro atoms. The molecule has 32 heavy (non-hydrogen) atoms.